The summed E-state index contributed by atoms with van der Waals surface area (Å²) in [6.07, 6.45) is 8.78. The number of hydrogen-bond donors (Lipinski definition) is 0. The van der Waals surface area contributed by atoms with Gasteiger partial charge in [-0.3, -0.25) is 0 Å². The van der Waals surface area contributed by atoms with E-state index in [1.165, 1.54) is 0 Å². The minimum atomic E-state index is -0.539. The summed E-state index contributed by atoms with van der Waals surface area (Å²) in [6.45, 7) is 7.42. The molecule has 1 aliphatic heterocycles. The lowest BCUT2D eigenvalue weighted by Gasteiger charge is -2.16. The summed E-state index contributed by atoms with van der Waals surface area (Å²) in [7, 11) is 0. The van der Waals surface area contributed by atoms with Gasteiger partial charge in [0.2, 0.25) is 0 Å². The minimum absolute atomic E-state index is 0.0120. The van der Waals surface area contributed by atoms with E-state index in [4.69, 9.17) is 15.9 Å². The highest BCUT2D eigenvalue weighted by atomic mass is 16.7. The fourth-order valence-corrected chi connectivity index (χ4v) is 1.47. The summed E-state index contributed by atoms with van der Waals surface area (Å²) in [4.78, 5) is 0. The van der Waals surface area contributed by atoms with Crippen LogP contribution in [-0.4, -0.2) is 18.0 Å². The Labute approximate surface area is 79.9 Å². The largest absolute Gasteiger partial charge is 0.343 e. The van der Waals surface area contributed by atoms with Crippen molar-refractivity contribution in [3.8, 4) is 12.3 Å². The van der Waals surface area contributed by atoms with E-state index in [1.807, 2.05) is 19.9 Å². The molecule has 1 saturated heterocycles. The van der Waals surface area contributed by atoms with Crippen molar-refractivity contribution >= 4 is 0 Å². The average molecular weight is 180 g/mol. The van der Waals surface area contributed by atoms with Crippen LogP contribution >= 0.6 is 0 Å². The van der Waals surface area contributed by atoms with Crippen molar-refractivity contribution in [2.75, 3.05) is 0 Å². The van der Waals surface area contributed by atoms with Crippen molar-refractivity contribution in [2.24, 2.45) is 0 Å². The van der Waals surface area contributed by atoms with Crippen LogP contribution in [0.2, 0.25) is 0 Å². The lowest BCUT2D eigenvalue weighted by Crippen LogP contribution is -2.21. The second-order valence-electron chi connectivity index (χ2n) is 3.63. The highest BCUT2D eigenvalue weighted by Gasteiger charge is 2.39. The molecule has 2 nitrogen and oxygen atoms in total. The molecule has 2 atom stereocenters. The first-order chi connectivity index (χ1) is 6.09. The zero-order chi connectivity index (χ0) is 9.90. The molecule has 13 heavy (non-hydrogen) atoms. The molecule has 0 aromatic heterocycles. The molecule has 1 rings (SSSR count). The lowest BCUT2D eigenvalue weighted by atomic mass is 10.1. The quantitative estimate of drug-likeness (QED) is 0.489. The molecule has 0 amide bonds. The molecule has 1 aliphatic rings. The van der Waals surface area contributed by atoms with Crippen molar-refractivity contribution in [3.63, 3.8) is 0 Å². The number of allylic oxidation sites excluding steroid dienone is 1. The van der Waals surface area contributed by atoms with Gasteiger partial charge >= 0.3 is 0 Å². The van der Waals surface area contributed by atoms with E-state index in [0.29, 0.717) is 0 Å². The van der Waals surface area contributed by atoms with E-state index in [-0.39, 0.29) is 12.2 Å². The summed E-state index contributed by atoms with van der Waals surface area (Å²) in [5, 5.41) is 0. The number of rotatable bonds is 3. The van der Waals surface area contributed by atoms with Gasteiger partial charge in [0, 0.05) is 0 Å². The SMILES string of the molecule is C#C[C@@H]1OC(C)(C)O[C@H]1CCC=C. The van der Waals surface area contributed by atoms with Gasteiger partial charge in [-0.05, 0) is 26.7 Å². The van der Waals surface area contributed by atoms with Gasteiger partial charge in [-0.1, -0.05) is 12.0 Å². The Morgan fingerprint density at radius 3 is 2.77 bits per heavy atom. The third-order valence-electron chi connectivity index (χ3n) is 2.00. The first-order valence-electron chi connectivity index (χ1n) is 4.52. The third-order valence-corrected chi connectivity index (χ3v) is 2.00. The van der Waals surface area contributed by atoms with E-state index in [1.54, 1.807) is 0 Å². The summed E-state index contributed by atoms with van der Waals surface area (Å²) in [6, 6.07) is 0. The van der Waals surface area contributed by atoms with Crippen LogP contribution in [0.1, 0.15) is 26.7 Å². The molecule has 0 unspecified atom stereocenters. The van der Waals surface area contributed by atoms with Crippen LogP contribution in [0, 0.1) is 12.3 Å². The average Bonchev–Trinajstić information content (AvgIpc) is 2.37. The monoisotopic (exact) mass is 180 g/mol. The second-order valence-corrected chi connectivity index (χ2v) is 3.63. The van der Waals surface area contributed by atoms with Crippen molar-refractivity contribution in [3.05, 3.63) is 12.7 Å². The smallest absolute Gasteiger partial charge is 0.165 e. The molecule has 0 aromatic carbocycles. The molecule has 2 heteroatoms. The van der Waals surface area contributed by atoms with Crippen LogP contribution < -0.4 is 0 Å². The standard InChI is InChI=1S/C11H16O2/c1-5-7-8-10-9(6-2)12-11(3,4)13-10/h2,5,9-10H,1,7-8H2,3-4H3/t9-,10-/m0/s1. The third kappa shape index (κ3) is 2.58. The molecule has 0 radical (unpaired) electrons. The Hall–Kier alpha value is -0.780. The minimum Gasteiger partial charge on any atom is -0.343 e. The summed E-state index contributed by atoms with van der Waals surface area (Å²) in [5.74, 6) is 2.06. The van der Waals surface area contributed by atoms with E-state index in [2.05, 4.69) is 12.5 Å². The molecule has 0 spiro atoms. The van der Waals surface area contributed by atoms with Crippen LogP contribution in [-0.2, 0) is 9.47 Å². The normalized spacial score (nSPS) is 31.2. The van der Waals surface area contributed by atoms with Crippen molar-refractivity contribution < 1.29 is 9.47 Å². The van der Waals surface area contributed by atoms with Gasteiger partial charge in [-0.2, -0.15) is 0 Å². The first kappa shape index (κ1) is 10.3. The number of ether oxygens (including phenoxy) is 2. The maximum Gasteiger partial charge on any atom is 0.165 e. The Morgan fingerprint density at radius 2 is 2.23 bits per heavy atom. The van der Waals surface area contributed by atoms with Gasteiger partial charge < -0.3 is 9.47 Å². The Bertz CT molecular complexity index is 225. The maximum atomic E-state index is 5.64. The van der Waals surface area contributed by atoms with E-state index in [9.17, 15) is 0 Å². The first-order valence-corrected chi connectivity index (χ1v) is 4.52. The molecule has 0 bridgehead atoms. The van der Waals surface area contributed by atoms with Crippen LogP contribution in [0.5, 0.6) is 0 Å². The molecule has 1 heterocycles. The molecular formula is C11H16O2. The number of terminal acetylenes is 1. The highest BCUT2D eigenvalue weighted by Crippen LogP contribution is 2.30. The molecule has 0 aliphatic carbocycles. The molecular weight excluding hydrogens is 164 g/mol. The molecule has 0 aromatic rings. The molecule has 72 valence electrons. The zero-order valence-corrected chi connectivity index (χ0v) is 8.25. The predicted octanol–water partition coefficient (Wildman–Crippen LogP) is 2.11. The topological polar surface area (TPSA) is 18.5 Å². The van der Waals surface area contributed by atoms with Gasteiger partial charge in [-0.25, -0.2) is 0 Å². The van der Waals surface area contributed by atoms with Crippen molar-refractivity contribution in [1.82, 2.24) is 0 Å². The maximum absolute atomic E-state index is 5.64. The second kappa shape index (κ2) is 3.95. The Kier molecular flexibility index (Phi) is 3.13. The van der Waals surface area contributed by atoms with Crippen LogP contribution in [0.15, 0.2) is 12.7 Å². The van der Waals surface area contributed by atoms with Crippen molar-refractivity contribution in [2.45, 2.75) is 44.7 Å². The zero-order valence-electron chi connectivity index (χ0n) is 8.25. The van der Waals surface area contributed by atoms with Crippen LogP contribution in [0.25, 0.3) is 0 Å². The Morgan fingerprint density at radius 1 is 1.54 bits per heavy atom. The van der Waals surface area contributed by atoms with Crippen molar-refractivity contribution in [1.29, 1.82) is 0 Å². The van der Waals surface area contributed by atoms with Gasteiger partial charge in [-0.15, -0.1) is 13.0 Å². The van der Waals surface area contributed by atoms with E-state index in [0.717, 1.165) is 12.8 Å². The van der Waals surface area contributed by atoms with Crippen LogP contribution in [0.3, 0.4) is 0 Å². The van der Waals surface area contributed by atoms with Gasteiger partial charge in [0.05, 0.1) is 6.10 Å². The van der Waals surface area contributed by atoms with Crippen LogP contribution in [0.4, 0.5) is 0 Å². The summed E-state index contributed by atoms with van der Waals surface area (Å²) >= 11 is 0. The highest BCUT2D eigenvalue weighted by molar-refractivity contribution is 5.03. The van der Waals surface area contributed by atoms with Gasteiger partial charge in [0.1, 0.15) is 6.10 Å². The predicted molar refractivity (Wildman–Crippen MR) is 52.1 cm³/mol. The molecule has 1 fully saturated rings. The van der Waals surface area contributed by atoms with Gasteiger partial charge in [0.15, 0.2) is 5.79 Å². The fourth-order valence-electron chi connectivity index (χ4n) is 1.47. The molecule has 0 saturated carbocycles. The fraction of sp³-hybridized carbons (Fsp3) is 0.636. The Balaban J connectivity index is 2.54. The molecule has 0 N–H and O–H groups in total. The lowest BCUT2D eigenvalue weighted by molar-refractivity contribution is -0.142. The van der Waals surface area contributed by atoms with Gasteiger partial charge in [0.25, 0.3) is 0 Å². The van der Waals surface area contributed by atoms with E-state index < -0.39 is 5.79 Å². The number of hydrogen-bond acceptors (Lipinski definition) is 2. The van der Waals surface area contributed by atoms with E-state index >= 15 is 0 Å². The summed E-state index contributed by atoms with van der Waals surface area (Å²) in [5.41, 5.74) is 0. The summed E-state index contributed by atoms with van der Waals surface area (Å²) < 4.78 is 11.2.